The molecule has 0 N–H and O–H groups in total. The van der Waals surface area contributed by atoms with Gasteiger partial charge < -0.3 is 14.0 Å². The first-order chi connectivity index (χ1) is 13.0. The van der Waals surface area contributed by atoms with E-state index in [1.54, 1.807) is 0 Å². The molecule has 0 aromatic rings. The number of carbonyl (C=O) groups excluding carboxylic acids is 1. The smallest absolute Gasteiger partial charge is 0.305 e. The van der Waals surface area contributed by atoms with E-state index in [1.165, 1.54) is 64.2 Å². The van der Waals surface area contributed by atoms with Gasteiger partial charge >= 0.3 is 5.97 Å². The predicted octanol–water partition coefficient (Wildman–Crippen LogP) is 6.08. The van der Waals surface area contributed by atoms with Crippen molar-refractivity contribution in [2.45, 2.75) is 104 Å². The van der Waals surface area contributed by atoms with E-state index in [4.69, 9.17) is 9.47 Å². The van der Waals surface area contributed by atoms with E-state index in [0.29, 0.717) is 19.8 Å². The van der Waals surface area contributed by atoms with Crippen molar-refractivity contribution in [2.75, 3.05) is 40.6 Å². The lowest BCUT2D eigenvalue weighted by molar-refractivity contribution is -0.909. The van der Waals surface area contributed by atoms with Crippen molar-refractivity contribution in [1.29, 1.82) is 0 Å². The molecule has 0 saturated carbocycles. The number of ether oxygens (including phenoxy) is 2. The van der Waals surface area contributed by atoms with Gasteiger partial charge in [0.2, 0.25) is 0 Å². The summed E-state index contributed by atoms with van der Waals surface area (Å²) in [4.78, 5) is 11.8. The third-order valence-electron chi connectivity index (χ3n) is 5.03. The Kier molecular flexibility index (Phi) is 18.3. The highest BCUT2D eigenvalue weighted by atomic mass is 16.5. The van der Waals surface area contributed by atoms with E-state index < -0.39 is 0 Å². The standard InChI is InChI=1S/C23H48NO3/c1-5-7-9-11-13-14-16-18-23(25)27-21-19-24(3,4)22-26-20-17-15-12-10-8-6-2/h5-22H2,1-4H3/q+1. The monoisotopic (exact) mass is 386 g/mol. The highest BCUT2D eigenvalue weighted by molar-refractivity contribution is 5.69. The number of unbranched alkanes of at least 4 members (excludes halogenated alkanes) is 11. The molecule has 0 aromatic heterocycles. The van der Waals surface area contributed by atoms with Gasteiger partial charge in [-0.15, -0.1) is 0 Å². The molecule has 0 amide bonds. The lowest BCUT2D eigenvalue weighted by Crippen LogP contribution is -2.44. The zero-order valence-corrected chi connectivity index (χ0v) is 18.9. The van der Waals surface area contributed by atoms with Crippen LogP contribution in [-0.4, -0.2) is 51.0 Å². The van der Waals surface area contributed by atoms with Crippen LogP contribution in [0.1, 0.15) is 104 Å². The summed E-state index contributed by atoms with van der Waals surface area (Å²) in [6.45, 7) is 7.30. The minimum atomic E-state index is -0.0449. The maximum Gasteiger partial charge on any atom is 0.305 e. The third kappa shape index (κ3) is 19.9. The highest BCUT2D eigenvalue weighted by Crippen LogP contribution is 2.09. The average molecular weight is 387 g/mol. The van der Waals surface area contributed by atoms with Crippen molar-refractivity contribution >= 4 is 5.97 Å². The van der Waals surface area contributed by atoms with Gasteiger partial charge in [0.25, 0.3) is 0 Å². The molecule has 0 rings (SSSR count). The van der Waals surface area contributed by atoms with Gasteiger partial charge in [-0.2, -0.15) is 0 Å². The maximum absolute atomic E-state index is 11.8. The molecule has 0 unspecified atom stereocenters. The molecule has 162 valence electrons. The Hall–Kier alpha value is -0.610. The third-order valence-corrected chi connectivity index (χ3v) is 5.03. The summed E-state index contributed by atoms with van der Waals surface area (Å²) in [5.41, 5.74) is 0. The highest BCUT2D eigenvalue weighted by Gasteiger charge is 2.16. The molecule has 0 aliphatic heterocycles. The van der Waals surface area contributed by atoms with Gasteiger partial charge in [-0.1, -0.05) is 84.5 Å². The quantitative estimate of drug-likeness (QED) is 0.110. The number of nitrogens with zero attached hydrogens (tertiary/aromatic N) is 1. The van der Waals surface area contributed by atoms with Gasteiger partial charge in [-0.05, 0) is 12.8 Å². The minimum Gasteiger partial charge on any atom is -0.460 e. The molecule has 0 spiro atoms. The molecule has 0 fully saturated rings. The van der Waals surface area contributed by atoms with Crippen molar-refractivity contribution < 1.29 is 18.8 Å². The number of likely N-dealkylation sites (N-methyl/N-ethyl adjacent to an activating group) is 1. The molecule has 27 heavy (non-hydrogen) atoms. The Morgan fingerprint density at radius 2 is 1.22 bits per heavy atom. The topological polar surface area (TPSA) is 35.5 Å². The zero-order valence-electron chi connectivity index (χ0n) is 18.9. The van der Waals surface area contributed by atoms with Gasteiger partial charge in [0, 0.05) is 6.42 Å². The van der Waals surface area contributed by atoms with Crippen LogP contribution in [0.2, 0.25) is 0 Å². The lowest BCUT2D eigenvalue weighted by Gasteiger charge is -2.28. The number of hydrogen-bond donors (Lipinski definition) is 0. The second-order valence-corrected chi connectivity index (χ2v) is 8.56. The molecule has 0 aromatic carbocycles. The van der Waals surface area contributed by atoms with Crippen molar-refractivity contribution in [2.24, 2.45) is 0 Å². The van der Waals surface area contributed by atoms with E-state index in [9.17, 15) is 4.79 Å². The normalized spacial score (nSPS) is 11.7. The molecule has 0 heterocycles. The van der Waals surface area contributed by atoms with Crippen LogP contribution in [0, 0.1) is 0 Å². The van der Waals surface area contributed by atoms with Gasteiger partial charge in [0.05, 0.1) is 20.7 Å². The van der Waals surface area contributed by atoms with Gasteiger partial charge in [-0.25, -0.2) is 0 Å². The van der Waals surface area contributed by atoms with E-state index in [1.807, 2.05) is 0 Å². The van der Waals surface area contributed by atoms with E-state index >= 15 is 0 Å². The fourth-order valence-corrected chi connectivity index (χ4v) is 3.07. The lowest BCUT2D eigenvalue weighted by atomic mass is 10.1. The second-order valence-electron chi connectivity index (χ2n) is 8.56. The Labute approximate surface area is 169 Å². The fourth-order valence-electron chi connectivity index (χ4n) is 3.07. The van der Waals surface area contributed by atoms with Crippen molar-refractivity contribution in [1.82, 2.24) is 0 Å². The predicted molar refractivity (Wildman–Crippen MR) is 115 cm³/mol. The molecular weight excluding hydrogens is 338 g/mol. The summed E-state index contributed by atoms with van der Waals surface area (Å²) >= 11 is 0. The Morgan fingerprint density at radius 1 is 0.704 bits per heavy atom. The first-order valence-corrected chi connectivity index (χ1v) is 11.6. The van der Waals surface area contributed by atoms with Crippen LogP contribution in [0.15, 0.2) is 0 Å². The van der Waals surface area contributed by atoms with E-state index in [0.717, 1.165) is 36.9 Å². The van der Waals surface area contributed by atoms with Gasteiger partial charge in [0.15, 0.2) is 6.73 Å². The largest absolute Gasteiger partial charge is 0.460 e. The summed E-state index contributed by atoms with van der Waals surface area (Å²) in [6.07, 6.45) is 16.9. The Balaban J connectivity index is 3.50. The van der Waals surface area contributed by atoms with Gasteiger partial charge in [0.1, 0.15) is 13.2 Å². The number of esters is 1. The number of hydrogen-bond acceptors (Lipinski definition) is 3. The molecule has 0 aliphatic carbocycles. The number of quaternary nitrogens is 1. The van der Waals surface area contributed by atoms with Crippen molar-refractivity contribution in [3.63, 3.8) is 0 Å². The number of rotatable bonds is 20. The average Bonchev–Trinajstić information content (AvgIpc) is 2.63. The van der Waals surface area contributed by atoms with Crippen LogP contribution in [0.3, 0.4) is 0 Å². The summed E-state index contributed by atoms with van der Waals surface area (Å²) < 4.78 is 11.9. The van der Waals surface area contributed by atoms with Crippen LogP contribution in [-0.2, 0) is 14.3 Å². The first kappa shape index (κ1) is 26.4. The maximum atomic E-state index is 11.8. The fraction of sp³-hybridized carbons (Fsp3) is 0.957. The van der Waals surface area contributed by atoms with Gasteiger partial charge in [-0.3, -0.25) is 4.79 Å². The van der Waals surface area contributed by atoms with Crippen LogP contribution in [0.25, 0.3) is 0 Å². The van der Waals surface area contributed by atoms with E-state index in [-0.39, 0.29) is 5.97 Å². The summed E-state index contributed by atoms with van der Waals surface area (Å²) in [6, 6.07) is 0. The number of carbonyl (C=O) groups is 1. The molecule has 4 heteroatoms. The SMILES string of the molecule is CCCCCCCCCC(=O)OCC[N+](C)(C)COCCCCCCCC. The van der Waals surface area contributed by atoms with Crippen LogP contribution >= 0.6 is 0 Å². The molecular formula is C23H48NO3+. The summed E-state index contributed by atoms with van der Waals surface area (Å²) in [7, 11) is 4.26. The Morgan fingerprint density at radius 3 is 1.81 bits per heavy atom. The second kappa shape index (κ2) is 18.7. The summed E-state index contributed by atoms with van der Waals surface area (Å²) in [5.74, 6) is -0.0449. The molecule has 0 atom stereocenters. The molecule has 0 radical (unpaired) electrons. The van der Waals surface area contributed by atoms with E-state index in [2.05, 4.69) is 27.9 Å². The van der Waals surface area contributed by atoms with Crippen LogP contribution < -0.4 is 0 Å². The molecule has 0 bridgehead atoms. The molecule has 0 saturated heterocycles. The molecule has 0 aliphatic rings. The molecule has 4 nitrogen and oxygen atoms in total. The van der Waals surface area contributed by atoms with Crippen molar-refractivity contribution in [3.05, 3.63) is 0 Å². The van der Waals surface area contributed by atoms with Crippen molar-refractivity contribution in [3.8, 4) is 0 Å². The zero-order chi connectivity index (χ0) is 20.2. The minimum absolute atomic E-state index is 0.0449. The van der Waals surface area contributed by atoms with Crippen LogP contribution in [0.4, 0.5) is 0 Å². The van der Waals surface area contributed by atoms with Crippen LogP contribution in [0.5, 0.6) is 0 Å². The summed E-state index contributed by atoms with van der Waals surface area (Å²) in [5, 5.41) is 0. The first-order valence-electron chi connectivity index (χ1n) is 11.6. The Bertz CT molecular complexity index is 332.